The van der Waals surface area contributed by atoms with Crippen LogP contribution in [0.2, 0.25) is 0 Å². The predicted octanol–water partition coefficient (Wildman–Crippen LogP) is 0.714. The van der Waals surface area contributed by atoms with Crippen molar-refractivity contribution in [1.82, 2.24) is 10.2 Å². The van der Waals surface area contributed by atoms with Crippen LogP contribution in [0.3, 0.4) is 0 Å². The molecule has 94 valence electrons. The molecule has 1 fully saturated rings. The summed E-state index contributed by atoms with van der Waals surface area (Å²) in [6.07, 6.45) is 3.63. The van der Waals surface area contributed by atoms with Crippen molar-refractivity contribution in [2.75, 3.05) is 20.1 Å². The molecule has 0 spiro atoms. The van der Waals surface area contributed by atoms with Crippen LogP contribution in [0.15, 0.2) is 0 Å². The van der Waals surface area contributed by atoms with E-state index in [0.29, 0.717) is 12.5 Å². The van der Waals surface area contributed by atoms with Crippen molar-refractivity contribution in [3.05, 3.63) is 0 Å². The first-order valence-corrected chi connectivity index (χ1v) is 6.20. The molecule has 0 aromatic heterocycles. The lowest BCUT2D eigenvalue weighted by atomic mass is 9.87. The lowest BCUT2D eigenvalue weighted by Crippen LogP contribution is -2.47. The third kappa shape index (κ3) is 3.46. The Balaban J connectivity index is 2.64. The average Bonchev–Trinajstić information content (AvgIpc) is 2.40. The summed E-state index contributed by atoms with van der Waals surface area (Å²) in [6.45, 7) is 6.62. The summed E-state index contributed by atoms with van der Waals surface area (Å²) in [6, 6.07) is 0.584. The van der Waals surface area contributed by atoms with Crippen LogP contribution in [-0.4, -0.2) is 42.5 Å². The topological polar surface area (TPSA) is 58.4 Å². The van der Waals surface area contributed by atoms with E-state index >= 15 is 0 Å². The molecule has 0 bridgehead atoms. The number of hydrogen-bond donors (Lipinski definition) is 2. The van der Waals surface area contributed by atoms with E-state index in [4.69, 9.17) is 5.73 Å². The van der Waals surface area contributed by atoms with Crippen LogP contribution in [0, 0.1) is 0 Å². The number of nitrogens with zero attached hydrogens (tertiary/aromatic N) is 1. The Bertz CT molecular complexity index is 242. The van der Waals surface area contributed by atoms with Gasteiger partial charge in [0.1, 0.15) is 0 Å². The minimum atomic E-state index is -0.202. The maximum atomic E-state index is 11.1. The zero-order valence-electron chi connectivity index (χ0n) is 10.8. The van der Waals surface area contributed by atoms with Gasteiger partial charge in [0, 0.05) is 24.5 Å². The van der Waals surface area contributed by atoms with E-state index in [1.165, 1.54) is 0 Å². The fraction of sp³-hybridized carbons (Fsp3) is 0.917. The predicted molar refractivity (Wildman–Crippen MR) is 66.2 cm³/mol. The van der Waals surface area contributed by atoms with Gasteiger partial charge in [-0.2, -0.15) is 0 Å². The number of nitrogens with one attached hydrogen (secondary N) is 1. The lowest BCUT2D eigenvalue weighted by molar-refractivity contribution is -0.119. The molecule has 1 rings (SSSR count). The number of carbonyl (C=O) groups is 1. The highest BCUT2D eigenvalue weighted by atomic mass is 16.1. The van der Waals surface area contributed by atoms with Crippen LogP contribution in [0.1, 0.15) is 39.5 Å². The molecule has 1 amide bonds. The second kappa shape index (κ2) is 5.64. The van der Waals surface area contributed by atoms with Crippen LogP contribution in [0.4, 0.5) is 0 Å². The van der Waals surface area contributed by atoms with E-state index in [1.54, 1.807) is 0 Å². The number of rotatable bonds is 4. The Morgan fingerprint density at radius 3 is 2.62 bits per heavy atom. The molecule has 16 heavy (non-hydrogen) atoms. The zero-order valence-corrected chi connectivity index (χ0v) is 10.8. The smallest absolute Gasteiger partial charge is 0.219 e. The van der Waals surface area contributed by atoms with Crippen molar-refractivity contribution in [2.24, 2.45) is 5.73 Å². The summed E-state index contributed by atoms with van der Waals surface area (Å²) in [5.41, 5.74) is 5.26. The fourth-order valence-electron chi connectivity index (χ4n) is 2.58. The molecule has 1 saturated heterocycles. The van der Waals surface area contributed by atoms with Gasteiger partial charge in [0.05, 0.1) is 0 Å². The van der Waals surface area contributed by atoms with Crippen LogP contribution in [0.5, 0.6) is 0 Å². The first-order valence-electron chi connectivity index (χ1n) is 6.20. The molecular formula is C12H25N3O. The van der Waals surface area contributed by atoms with Crippen molar-refractivity contribution in [2.45, 2.75) is 51.1 Å². The van der Waals surface area contributed by atoms with Crippen molar-refractivity contribution in [3.63, 3.8) is 0 Å². The minimum Gasteiger partial charge on any atom is -0.370 e. The molecule has 1 aliphatic rings. The number of carbonyl (C=O) groups excluding carboxylic acids is 1. The number of likely N-dealkylation sites (tertiary alicyclic amines) is 1. The van der Waals surface area contributed by atoms with Crippen LogP contribution in [-0.2, 0) is 4.79 Å². The quantitative estimate of drug-likeness (QED) is 0.744. The first kappa shape index (κ1) is 13.5. The molecule has 0 aromatic carbocycles. The van der Waals surface area contributed by atoms with E-state index in [1.807, 2.05) is 7.05 Å². The molecule has 0 radical (unpaired) electrons. The lowest BCUT2D eigenvalue weighted by Gasteiger charge is -2.32. The molecule has 1 unspecified atom stereocenters. The fourth-order valence-corrected chi connectivity index (χ4v) is 2.58. The minimum absolute atomic E-state index is 0.0739. The zero-order chi connectivity index (χ0) is 12.2. The van der Waals surface area contributed by atoms with Gasteiger partial charge >= 0.3 is 0 Å². The van der Waals surface area contributed by atoms with E-state index in [-0.39, 0.29) is 11.4 Å². The molecule has 3 N–H and O–H groups in total. The van der Waals surface area contributed by atoms with Gasteiger partial charge in [0.25, 0.3) is 0 Å². The van der Waals surface area contributed by atoms with Crippen molar-refractivity contribution >= 4 is 5.91 Å². The van der Waals surface area contributed by atoms with Crippen molar-refractivity contribution in [1.29, 1.82) is 0 Å². The summed E-state index contributed by atoms with van der Waals surface area (Å²) in [5.74, 6) is -0.202. The number of hydrogen-bond acceptors (Lipinski definition) is 3. The Labute approximate surface area is 98.6 Å². The van der Waals surface area contributed by atoms with Gasteiger partial charge in [-0.3, -0.25) is 4.79 Å². The van der Waals surface area contributed by atoms with Gasteiger partial charge in [-0.25, -0.2) is 0 Å². The molecule has 1 aliphatic heterocycles. The summed E-state index contributed by atoms with van der Waals surface area (Å²) >= 11 is 0. The highest BCUT2D eigenvalue weighted by Gasteiger charge is 2.32. The summed E-state index contributed by atoms with van der Waals surface area (Å²) in [5, 5.41) is 3.32. The van der Waals surface area contributed by atoms with E-state index in [2.05, 4.69) is 24.1 Å². The average molecular weight is 227 g/mol. The van der Waals surface area contributed by atoms with Gasteiger partial charge < -0.3 is 16.0 Å². The highest BCUT2D eigenvalue weighted by Crippen LogP contribution is 2.26. The second-order valence-electron chi connectivity index (χ2n) is 5.16. The molecular weight excluding hydrogens is 202 g/mol. The third-order valence-corrected chi connectivity index (χ3v) is 3.75. The Hall–Kier alpha value is -0.610. The van der Waals surface area contributed by atoms with E-state index < -0.39 is 0 Å². The standard InChI is InChI=1S/C12H25N3O/c1-10(2)15-7-4-5-12(14-3,6-8-15)9-11(13)16/h10,14H,4-9H2,1-3H3,(H2,13,16). The van der Waals surface area contributed by atoms with Crippen LogP contribution in [0.25, 0.3) is 0 Å². The maximum absolute atomic E-state index is 11.1. The van der Waals surface area contributed by atoms with Crippen molar-refractivity contribution < 1.29 is 4.79 Å². The summed E-state index contributed by atoms with van der Waals surface area (Å²) < 4.78 is 0. The van der Waals surface area contributed by atoms with E-state index in [9.17, 15) is 4.79 Å². The Morgan fingerprint density at radius 2 is 2.12 bits per heavy atom. The Kier molecular flexibility index (Phi) is 4.74. The molecule has 0 saturated carbocycles. The molecule has 0 aromatic rings. The van der Waals surface area contributed by atoms with Crippen molar-refractivity contribution in [3.8, 4) is 0 Å². The monoisotopic (exact) mass is 227 g/mol. The first-order chi connectivity index (χ1) is 7.49. The van der Waals surface area contributed by atoms with Crippen LogP contribution >= 0.6 is 0 Å². The number of amides is 1. The van der Waals surface area contributed by atoms with Gasteiger partial charge in [0.2, 0.25) is 5.91 Å². The molecule has 1 atom stereocenters. The van der Waals surface area contributed by atoms with Gasteiger partial charge in [0.15, 0.2) is 0 Å². The van der Waals surface area contributed by atoms with E-state index in [0.717, 1.165) is 32.4 Å². The van der Waals surface area contributed by atoms with Gasteiger partial charge in [-0.15, -0.1) is 0 Å². The number of primary amides is 1. The molecule has 1 heterocycles. The molecule has 4 heteroatoms. The number of nitrogens with two attached hydrogens (primary N) is 1. The third-order valence-electron chi connectivity index (χ3n) is 3.75. The van der Waals surface area contributed by atoms with Gasteiger partial charge in [-0.1, -0.05) is 0 Å². The normalized spacial score (nSPS) is 28.0. The summed E-state index contributed by atoms with van der Waals surface area (Å²) in [4.78, 5) is 13.6. The highest BCUT2D eigenvalue weighted by molar-refractivity contribution is 5.75. The SMILES string of the molecule is CNC1(CC(N)=O)CCCN(C(C)C)CC1. The Morgan fingerprint density at radius 1 is 1.44 bits per heavy atom. The maximum Gasteiger partial charge on any atom is 0.219 e. The summed E-state index contributed by atoms with van der Waals surface area (Å²) in [7, 11) is 1.94. The molecule has 0 aliphatic carbocycles. The second-order valence-corrected chi connectivity index (χ2v) is 5.16. The molecule has 4 nitrogen and oxygen atoms in total. The van der Waals surface area contributed by atoms with Crippen LogP contribution < -0.4 is 11.1 Å². The largest absolute Gasteiger partial charge is 0.370 e. The van der Waals surface area contributed by atoms with Gasteiger partial charge in [-0.05, 0) is 46.7 Å².